The van der Waals surface area contributed by atoms with Crippen LogP contribution in [-0.4, -0.2) is 56.1 Å². The minimum absolute atomic E-state index is 0.355. The Bertz CT molecular complexity index is 148. The molecule has 0 heterocycles. The predicted molar refractivity (Wildman–Crippen MR) is 72.8 cm³/mol. The molecular weight excluding hydrogens is 198 g/mol. The normalized spacial score (nSPS) is 13.7. The van der Waals surface area contributed by atoms with Crippen LogP contribution >= 0.6 is 0 Å². The monoisotopic (exact) mass is 229 g/mol. The fraction of sp³-hybridized carbons (Fsp3) is 1.00. The minimum Gasteiger partial charge on any atom is -0.327 e. The molecule has 0 fully saturated rings. The molecular formula is C13H31N3. The summed E-state index contributed by atoms with van der Waals surface area (Å²) in [6, 6.07) is 0.355. The van der Waals surface area contributed by atoms with Crippen molar-refractivity contribution in [2.45, 2.75) is 45.6 Å². The molecule has 1 unspecified atom stereocenters. The topological polar surface area (TPSA) is 32.5 Å². The van der Waals surface area contributed by atoms with Gasteiger partial charge in [-0.05, 0) is 33.5 Å². The molecule has 0 saturated heterocycles. The number of hydrogen-bond donors (Lipinski definition) is 1. The van der Waals surface area contributed by atoms with Crippen molar-refractivity contribution in [3.8, 4) is 0 Å². The lowest BCUT2D eigenvalue weighted by Crippen LogP contribution is -2.41. The first-order valence-corrected chi connectivity index (χ1v) is 6.72. The highest BCUT2D eigenvalue weighted by Crippen LogP contribution is 2.01. The third-order valence-corrected chi connectivity index (χ3v) is 2.82. The lowest BCUT2D eigenvalue weighted by molar-refractivity contribution is 0.225. The molecule has 0 aliphatic heterocycles. The fourth-order valence-corrected chi connectivity index (χ4v) is 1.84. The largest absolute Gasteiger partial charge is 0.327 e. The van der Waals surface area contributed by atoms with Gasteiger partial charge in [0.05, 0.1) is 0 Å². The zero-order valence-corrected chi connectivity index (χ0v) is 11.7. The van der Waals surface area contributed by atoms with Gasteiger partial charge in [-0.25, -0.2) is 0 Å². The summed E-state index contributed by atoms with van der Waals surface area (Å²) >= 11 is 0. The highest BCUT2D eigenvalue weighted by atomic mass is 15.2. The van der Waals surface area contributed by atoms with Crippen molar-refractivity contribution in [1.29, 1.82) is 0 Å². The summed E-state index contributed by atoms with van der Waals surface area (Å²) in [7, 11) is 4.25. The standard InChI is InChI=1S/C13H31N3/c1-5-7-8-13(14)12-16(9-6-2)11-10-15(3)4/h13H,5-12,14H2,1-4H3. The van der Waals surface area contributed by atoms with Gasteiger partial charge in [-0.3, -0.25) is 0 Å². The minimum atomic E-state index is 0.355. The van der Waals surface area contributed by atoms with Crippen LogP contribution in [-0.2, 0) is 0 Å². The first-order valence-electron chi connectivity index (χ1n) is 6.72. The second-order valence-corrected chi connectivity index (χ2v) is 5.01. The Kier molecular flexibility index (Phi) is 9.99. The molecule has 16 heavy (non-hydrogen) atoms. The van der Waals surface area contributed by atoms with E-state index in [1.54, 1.807) is 0 Å². The molecule has 1 atom stereocenters. The van der Waals surface area contributed by atoms with E-state index in [0.717, 1.165) is 19.6 Å². The van der Waals surface area contributed by atoms with E-state index in [0.29, 0.717) is 6.04 Å². The Morgan fingerprint density at radius 3 is 2.19 bits per heavy atom. The van der Waals surface area contributed by atoms with Gasteiger partial charge in [0, 0.05) is 25.7 Å². The van der Waals surface area contributed by atoms with Crippen LogP contribution in [0.25, 0.3) is 0 Å². The number of nitrogens with zero attached hydrogens (tertiary/aromatic N) is 2. The van der Waals surface area contributed by atoms with Gasteiger partial charge in [-0.2, -0.15) is 0 Å². The lowest BCUT2D eigenvalue weighted by Gasteiger charge is -2.26. The van der Waals surface area contributed by atoms with Crippen molar-refractivity contribution in [1.82, 2.24) is 9.80 Å². The molecule has 0 saturated carbocycles. The maximum absolute atomic E-state index is 6.14. The summed E-state index contributed by atoms with van der Waals surface area (Å²) < 4.78 is 0. The van der Waals surface area contributed by atoms with E-state index >= 15 is 0 Å². The Morgan fingerprint density at radius 1 is 1.00 bits per heavy atom. The van der Waals surface area contributed by atoms with Crippen LogP contribution in [0.2, 0.25) is 0 Å². The van der Waals surface area contributed by atoms with Gasteiger partial charge in [0.25, 0.3) is 0 Å². The summed E-state index contributed by atoms with van der Waals surface area (Å²) in [6.45, 7) is 8.96. The van der Waals surface area contributed by atoms with Crippen LogP contribution in [0, 0.1) is 0 Å². The number of unbranched alkanes of at least 4 members (excludes halogenated alkanes) is 1. The molecule has 0 bridgehead atoms. The van der Waals surface area contributed by atoms with E-state index in [1.807, 2.05) is 0 Å². The smallest absolute Gasteiger partial charge is 0.0167 e. The molecule has 0 radical (unpaired) electrons. The zero-order chi connectivity index (χ0) is 12.4. The van der Waals surface area contributed by atoms with Crippen LogP contribution in [0.4, 0.5) is 0 Å². The SMILES string of the molecule is CCCCC(N)CN(CCC)CCN(C)C. The Balaban J connectivity index is 3.81. The molecule has 0 aliphatic carbocycles. The van der Waals surface area contributed by atoms with Crippen molar-refractivity contribution < 1.29 is 0 Å². The Labute approximate surface area is 102 Å². The first-order chi connectivity index (χ1) is 7.60. The molecule has 2 N–H and O–H groups in total. The Morgan fingerprint density at radius 2 is 1.69 bits per heavy atom. The van der Waals surface area contributed by atoms with Gasteiger partial charge in [0.15, 0.2) is 0 Å². The number of likely N-dealkylation sites (N-methyl/N-ethyl adjacent to an activating group) is 1. The van der Waals surface area contributed by atoms with Gasteiger partial charge in [0.1, 0.15) is 0 Å². The van der Waals surface area contributed by atoms with Crippen LogP contribution in [0.1, 0.15) is 39.5 Å². The van der Waals surface area contributed by atoms with Gasteiger partial charge in [-0.1, -0.05) is 26.7 Å². The van der Waals surface area contributed by atoms with Crippen LogP contribution in [0.15, 0.2) is 0 Å². The predicted octanol–water partition coefficient (Wildman–Crippen LogP) is 1.78. The molecule has 0 rings (SSSR count). The maximum atomic E-state index is 6.14. The van der Waals surface area contributed by atoms with E-state index < -0.39 is 0 Å². The molecule has 98 valence electrons. The highest BCUT2D eigenvalue weighted by molar-refractivity contribution is 4.69. The summed E-state index contributed by atoms with van der Waals surface area (Å²) in [5.74, 6) is 0. The number of rotatable bonds is 10. The van der Waals surface area contributed by atoms with Crippen molar-refractivity contribution >= 4 is 0 Å². The van der Waals surface area contributed by atoms with Gasteiger partial charge >= 0.3 is 0 Å². The number of nitrogens with two attached hydrogens (primary N) is 1. The van der Waals surface area contributed by atoms with Crippen molar-refractivity contribution in [3.05, 3.63) is 0 Å². The lowest BCUT2D eigenvalue weighted by atomic mass is 10.1. The van der Waals surface area contributed by atoms with E-state index in [9.17, 15) is 0 Å². The van der Waals surface area contributed by atoms with Crippen molar-refractivity contribution in [3.63, 3.8) is 0 Å². The van der Waals surface area contributed by atoms with E-state index in [1.165, 1.54) is 32.2 Å². The second-order valence-electron chi connectivity index (χ2n) is 5.01. The summed E-state index contributed by atoms with van der Waals surface area (Å²) in [5, 5.41) is 0. The quantitative estimate of drug-likeness (QED) is 0.620. The second kappa shape index (κ2) is 10.1. The molecule has 3 nitrogen and oxygen atoms in total. The third kappa shape index (κ3) is 9.13. The molecule has 0 aromatic carbocycles. The van der Waals surface area contributed by atoms with Gasteiger partial charge in [-0.15, -0.1) is 0 Å². The summed E-state index contributed by atoms with van der Waals surface area (Å²) in [6.07, 6.45) is 4.89. The molecule has 0 aromatic rings. The van der Waals surface area contributed by atoms with E-state index in [2.05, 4.69) is 37.7 Å². The third-order valence-electron chi connectivity index (χ3n) is 2.82. The van der Waals surface area contributed by atoms with E-state index in [-0.39, 0.29) is 0 Å². The highest BCUT2D eigenvalue weighted by Gasteiger charge is 2.09. The maximum Gasteiger partial charge on any atom is 0.0167 e. The molecule has 0 aliphatic rings. The van der Waals surface area contributed by atoms with Crippen molar-refractivity contribution in [2.75, 3.05) is 40.3 Å². The number of hydrogen-bond acceptors (Lipinski definition) is 3. The Hall–Kier alpha value is -0.120. The fourth-order valence-electron chi connectivity index (χ4n) is 1.84. The van der Waals surface area contributed by atoms with Gasteiger partial charge < -0.3 is 15.5 Å². The van der Waals surface area contributed by atoms with Crippen molar-refractivity contribution in [2.24, 2.45) is 5.73 Å². The van der Waals surface area contributed by atoms with Crippen LogP contribution in [0.5, 0.6) is 0 Å². The molecule has 3 heteroatoms. The molecule has 0 spiro atoms. The average molecular weight is 229 g/mol. The zero-order valence-electron chi connectivity index (χ0n) is 11.7. The van der Waals surface area contributed by atoms with Gasteiger partial charge in [0.2, 0.25) is 0 Å². The average Bonchev–Trinajstić information content (AvgIpc) is 2.23. The first kappa shape index (κ1) is 15.9. The molecule has 0 amide bonds. The molecule has 0 aromatic heterocycles. The van der Waals surface area contributed by atoms with E-state index in [4.69, 9.17) is 5.73 Å². The van der Waals surface area contributed by atoms with Crippen LogP contribution < -0.4 is 5.73 Å². The summed E-state index contributed by atoms with van der Waals surface area (Å²) in [4.78, 5) is 4.74. The van der Waals surface area contributed by atoms with Crippen LogP contribution in [0.3, 0.4) is 0 Å². The summed E-state index contributed by atoms with van der Waals surface area (Å²) in [5.41, 5.74) is 6.14.